The molecule has 0 saturated carbocycles. The van der Waals surface area contributed by atoms with E-state index in [2.05, 4.69) is 36.3 Å². The number of nitrogens with one attached hydrogen (secondary N) is 3. The minimum atomic E-state index is -3.85. The second-order valence-electron chi connectivity index (χ2n) is 9.00. The molecule has 0 spiro atoms. The van der Waals surface area contributed by atoms with Gasteiger partial charge in [-0.05, 0) is 61.4 Å². The van der Waals surface area contributed by atoms with Crippen molar-refractivity contribution >= 4 is 54.7 Å². The van der Waals surface area contributed by atoms with Gasteiger partial charge in [-0.1, -0.05) is 24.3 Å². The van der Waals surface area contributed by atoms with E-state index in [1.165, 1.54) is 54.6 Å². The van der Waals surface area contributed by atoms with Gasteiger partial charge in [0.15, 0.2) is 11.6 Å². The van der Waals surface area contributed by atoms with Crippen LogP contribution in [0.3, 0.4) is 0 Å². The number of rotatable bonds is 10. The molecule has 0 radical (unpaired) electrons. The highest BCUT2D eigenvalue weighted by atomic mass is 32.2. The summed E-state index contributed by atoms with van der Waals surface area (Å²) in [4.78, 5) is 8.46. The zero-order valence-corrected chi connectivity index (χ0v) is 24.2. The molecule has 0 amide bonds. The first-order valence-corrected chi connectivity index (χ1v) is 15.3. The van der Waals surface area contributed by atoms with Crippen LogP contribution in [-0.4, -0.2) is 38.2 Å². The Hall–Kier alpha value is -4.84. The van der Waals surface area contributed by atoms with Crippen molar-refractivity contribution < 1.29 is 25.6 Å². The topological polar surface area (TPSA) is 207 Å². The summed E-state index contributed by atoms with van der Waals surface area (Å²) < 4.78 is 73.6. The summed E-state index contributed by atoms with van der Waals surface area (Å²) in [6, 6.07) is 15.8. The second kappa shape index (κ2) is 12.6. The molecule has 0 bridgehead atoms. The predicted octanol–water partition coefficient (Wildman–Crippen LogP) is 3.47. The fourth-order valence-corrected chi connectivity index (χ4v) is 4.59. The number of primary sulfonamides is 2. The molecule has 0 unspecified atom stereocenters. The lowest BCUT2D eigenvalue weighted by Gasteiger charge is -2.11. The van der Waals surface area contributed by atoms with Gasteiger partial charge in [-0.25, -0.2) is 35.9 Å². The van der Waals surface area contributed by atoms with E-state index in [0.29, 0.717) is 22.6 Å². The van der Waals surface area contributed by atoms with E-state index in [-0.39, 0.29) is 33.1 Å². The lowest BCUT2D eigenvalue weighted by atomic mass is 10.1. The van der Waals surface area contributed by atoms with Gasteiger partial charge in [0.1, 0.15) is 11.6 Å². The molecule has 0 aliphatic carbocycles. The molecule has 17 heteroatoms. The summed E-state index contributed by atoms with van der Waals surface area (Å²) in [7, 11) is -7.70. The average molecular weight is 630 g/mol. The molecule has 4 rings (SSSR count). The molecule has 0 aliphatic rings. The third-order valence-corrected chi connectivity index (χ3v) is 7.58. The van der Waals surface area contributed by atoms with Crippen LogP contribution in [0.1, 0.15) is 25.0 Å². The maximum atomic E-state index is 13.7. The normalized spacial score (nSPS) is 12.6. The zero-order valence-electron chi connectivity index (χ0n) is 22.6. The molecule has 43 heavy (non-hydrogen) atoms. The summed E-state index contributed by atoms with van der Waals surface area (Å²) in [5.41, 5.74) is 7.69. The smallest absolute Gasteiger partial charge is 0.238 e. The molecular weight excluding hydrogens is 604 g/mol. The number of sulfonamides is 2. The summed E-state index contributed by atoms with van der Waals surface area (Å²) in [5, 5.41) is 21.6. The SMILES string of the molecule is CC(=NNc1cc(NN=C(C)c2ccc(S(N)(=O)=O)cc2)nc(Nc2cc(F)cc(F)c2)n1)c1ccc(S(N)(=O)=O)cc1. The average Bonchev–Trinajstić information content (AvgIpc) is 2.93. The summed E-state index contributed by atoms with van der Waals surface area (Å²) in [6.45, 7) is 3.34. The lowest BCUT2D eigenvalue weighted by Crippen LogP contribution is -2.12. The van der Waals surface area contributed by atoms with Crippen molar-refractivity contribution in [2.45, 2.75) is 23.6 Å². The maximum absolute atomic E-state index is 13.7. The van der Waals surface area contributed by atoms with Crippen molar-refractivity contribution in [2.24, 2.45) is 20.5 Å². The molecule has 7 N–H and O–H groups in total. The Bertz CT molecular complexity index is 1800. The highest BCUT2D eigenvalue weighted by molar-refractivity contribution is 7.89. The monoisotopic (exact) mass is 629 g/mol. The van der Waals surface area contributed by atoms with Crippen LogP contribution in [0, 0.1) is 11.6 Å². The largest absolute Gasteiger partial charge is 0.324 e. The van der Waals surface area contributed by atoms with Crippen molar-refractivity contribution in [1.82, 2.24) is 9.97 Å². The van der Waals surface area contributed by atoms with Gasteiger partial charge in [0.25, 0.3) is 0 Å². The van der Waals surface area contributed by atoms with Gasteiger partial charge in [0.05, 0.1) is 21.2 Å². The van der Waals surface area contributed by atoms with Gasteiger partial charge < -0.3 is 5.32 Å². The van der Waals surface area contributed by atoms with Gasteiger partial charge >= 0.3 is 0 Å². The van der Waals surface area contributed by atoms with Gasteiger partial charge in [0, 0.05) is 17.8 Å². The molecular formula is C26H25F2N9O4S2. The van der Waals surface area contributed by atoms with E-state index in [1.54, 1.807) is 13.8 Å². The fourth-order valence-electron chi connectivity index (χ4n) is 3.56. The van der Waals surface area contributed by atoms with Gasteiger partial charge in [-0.15, -0.1) is 0 Å². The van der Waals surface area contributed by atoms with E-state index in [1.807, 2.05) is 0 Å². The molecule has 0 atom stereocenters. The van der Waals surface area contributed by atoms with Crippen molar-refractivity contribution in [3.8, 4) is 0 Å². The molecule has 224 valence electrons. The first kappa shape index (κ1) is 31.1. The Labute approximate surface area is 245 Å². The number of hydrazone groups is 2. The molecule has 0 aliphatic heterocycles. The van der Waals surface area contributed by atoms with Crippen molar-refractivity contribution in [3.63, 3.8) is 0 Å². The zero-order chi connectivity index (χ0) is 31.4. The van der Waals surface area contributed by atoms with Crippen LogP contribution in [0.5, 0.6) is 0 Å². The van der Waals surface area contributed by atoms with E-state index in [4.69, 9.17) is 10.3 Å². The summed E-state index contributed by atoms with van der Waals surface area (Å²) >= 11 is 0. The first-order valence-electron chi connectivity index (χ1n) is 12.2. The number of aromatic nitrogens is 2. The van der Waals surface area contributed by atoms with E-state index in [0.717, 1.165) is 18.2 Å². The summed E-state index contributed by atoms with van der Waals surface area (Å²) in [6.07, 6.45) is 0. The Kier molecular flexibility index (Phi) is 9.10. The van der Waals surface area contributed by atoms with Crippen LogP contribution in [0.2, 0.25) is 0 Å². The van der Waals surface area contributed by atoms with E-state index >= 15 is 0 Å². The number of halogens is 2. The third kappa shape index (κ3) is 8.58. The Morgan fingerprint density at radius 2 is 1.07 bits per heavy atom. The molecule has 0 saturated heterocycles. The van der Waals surface area contributed by atoms with Crippen molar-refractivity contribution in [2.75, 3.05) is 16.2 Å². The van der Waals surface area contributed by atoms with Gasteiger partial charge in [-0.3, -0.25) is 10.9 Å². The first-order chi connectivity index (χ1) is 20.2. The maximum Gasteiger partial charge on any atom is 0.238 e. The second-order valence-corrected chi connectivity index (χ2v) is 12.1. The van der Waals surface area contributed by atoms with Crippen molar-refractivity contribution in [3.05, 3.63) is 95.6 Å². The van der Waals surface area contributed by atoms with Crippen molar-refractivity contribution in [1.29, 1.82) is 0 Å². The van der Waals surface area contributed by atoms with Crippen LogP contribution in [0.25, 0.3) is 0 Å². The fraction of sp³-hybridized carbons (Fsp3) is 0.0769. The van der Waals surface area contributed by atoms with Crippen LogP contribution < -0.4 is 26.4 Å². The number of nitrogens with two attached hydrogens (primary N) is 2. The molecule has 4 aromatic rings. The lowest BCUT2D eigenvalue weighted by molar-refractivity contribution is 0.584. The van der Waals surface area contributed by atoms with Crippen LogP contribution in [0.15, 0.2) is 92.8 Å². The number of anilines is 4. The van der Waals surface area contributed by atoms with E-state index in [9.17, 15) is 25.6 Å². The minimum absolute atomic E-state index is 0.0462. The predicted molar refractivity (Wildman–Crippen MR) is 159 cm³/mol. The quantitative estimate of drug-likeness (QED) is 0.128. The molecule has 13 nitrogen and oxygen atoms in total. The van der Waals surface area contributed by atoms with Crippen LogP contribution in [0.4, 0.5) is 32.1 Å². The third-order valence-electron chi connectivity index (χ3n) is 5.72. The molecule has 0 fully saturated rings. The molecule has 3 aromatic carbocycles. The van der Waals surface area contributed by atoms with Gasteiger partial charge in [-0.2, -0.15) is 20.2 Å². The number of benzene rings is 3. The van der Waals surface area contributed by atoms with E-state index < -0.39 is 31.7 Å². The Morgan fingerprint density at radius 3 is 1.44 bits per heavy atom. The van der Waals surface area contributed by atoms with Crippen LogP contribution >= 0.6 is 0 Å². The standard InChI is InChI=1S/C26H25F2N9O4S2/c1-15(17-3-7-22(8-4-17)42(29,38)39)34-36-24-14-25(33-26(32-24)31-21-12-19(27)11-20(28)13-21)37-35-16(2)18-5-9-23(10-6-18)43(30,40)41/h3-14H,1-2H3,(H2,29,38,39)(H2,30,40,41)(H3,31,32,33,36,37). The highest BCUT2D eigenvalue weighted by Crippen LogP contribution is 2.21. The molecule has 1 aromatic heterocycles. The van der Waals surface area contributed by atoms with Gasteiger partial charge in [0.2, 0.25) is 26.0 Å². The number of hydrogen-bond donors (Lipinski definition) is 5. The Morgan fingerprint density at radius 1 is 0.674 bits per heavy atom. The highest BCUT2D eigenvalue weighted by Gasteiger charge is 2.11. The minimum Gasteiger partial charge on any atom is -0.324 e. The summed E-state index contributed by atoms with van der Waals surface area (Å²) in [5.74, 6) is -1.37. The van der Waals surface area contributed by atoms with Crippen LogP contribution in [-0.2, 0) is 20.0 Å². The number of hydrogen-bond acceptors (Lipinski definition) is 11. The number of nitrogens with zero attached hydrogens (tertiary/aromatic N) is 4. The molecule has 1 heterocycles. The Balaban J connectivity index is 1.61.